The second-order valence-corrected chi connectivity index (χ2v) is 5.47. The van der Waals surface area contributed by atoms with Crippen LogP contribution in [0.1, 0.15) is 15.9 Å². The summed E-state index contributed by atoms with van der Waals surface area (Å²) >= 11 is 14.0. The second-order valence-electron chi connectivity index (χ2n) is 3.86. The third-order valence-electron chi connectivity index (χ3n) is 2.51. The summed E-state index contributed by atoms with van der Waals surface area (Å²) in [5, 5.41) is 0. The monoisotopic (exact) mass is 391 g/mol. The van der Waals surface area contributed by atoms with Crippen molar-refractivity contribution in [3.63, 3.8) is 0 Å². The van der Waals surface area contributed by atoms with E-state index in [4.69, 9.17) is 23.2 Å². The quantitative estimate of drug-likeness (QED) is 0.680. The van der Waals surface area contributed by atoms with Crippen LogP contribution in [0.15, 0.2) is 22.7 Å². The molecule has 20 heavy (non-hydrogen) atoms. The average molecular weight is 393 g/mol. The first kappa shape index (κ1) is 17.6. The molecule has 0 radical (unpaired) electrons. The minimum Gasteiger partial charge on any atom is -0.336 e. The molecule has 2 nitrogen and oxygen atoms in total. The van der Waals surface area contributed by atoms with Crippen molar-refractivity contribution in [2.45, 2.75) is 6.18 Å². The lowest BCUT2D eigenvalue weighted by Gasteiger charge is -2.21. The maximum absolute atomic E-state index is 12.8. The maximum atomic E-state index is 12.8. The van der Waals surface area contributed by atoms with Crippen molar-refractivity contribution in [3.05, 3.63) is 33.8 Å². The Morgan fingerprint density at radius 3 is 2.20 bits per heavy atom. The molecule has 0 heterocycles. The summed E-state index contributed by atoms with van der Waals surface area (Å²) in [5.41, 5.74) is -0.934. The number of hydrogen-bond acceptors (Lipinski definition) is 1. The van der Waals surface area contributed by atoms with Crippen LogP contribution in [-0.4, -0.2) is 35.7 Å². The Bertz CT molecular complexity index is 476. The zero-order chi connectivity index (χ0) is 15.3. The van der Waals surface area contributed by atoms with E-state index in [0.717, 1.165) is 6.07 Å². The van der Waals surface area contributed by atoms with Crippen molar-refractivity contribution >= 4 is 45.0 Å². The SMILES string of the molecule is O=C(c1ccc(Br)c(C(F)(F)F)c1)N(CCCl)CCCl. The number of halogens is 6. The number of benzene rings is 1. The first-order chi connectivity index (χ1) is 9.31. The highest BCUT2D eigenvalue weighted by Crippen LogP contribution is 2.35. The summed E-state index contributed by atoms with van der Waals surface area (Å²) in [6, 6.07) is 3.36. The van der Waals surface area contributed by atoms with Gasteiger partial charge in [0.15, 0.2) is 0 Å². The number of nitrogens with zero attached hydrogens (tertiary/aromatic N) is 1. The molecule has 0 bridgehead atoms. The van der Waals surface area contributed by atoms with Crippen LogP contribution >= 0.6 is 39.1 Å². The van der Waals surface area contributed by atoms with E-state index in [1.54, 1.807) is 0 Å². The lowest BCUT2D eigenvalue weighted by Crippen LogP contribution is -2.34. The van der Waals surface area contributed by atoms with Gasteiger partial charge in [0.05, 0.1) is 5.56 Å². The molecule has 0 aliphatic carbocycles. The fourth-order valence-electron chi connectivity index (χ4n) is 1.58. The Balaban J connectivity index is 3.10. The van der Waals surface area contributed by atoms with Crippen LogP contribution in [-0.2, 0) is 6.18 Å². The number of carbonyl (C=O) groups is 1. The molecule has 1 aromatic carbocycles. The van der Waals surface area contributed by atoms with Gasteiger partial charge in [-0.1, -0.05) is 15.9 Å². The highest BCUT2D eigenvalue weighted by Gasteiger charge is 2.34. The summed E-state index contributed by atoms with van der Waals surface area (Å²) < 4.78 is 38.3. The molecule has 0 unspecified atom stereocenters. The van der Waals surface area contributed by atoms with E-state index in [0.29, 0.717) is 0 Å². The van der Waals surface area contributed by atoms with Gasteiger partial charge in [-0.05, 0) is 18.2 Å². The van der Waals surface area contributed by atoms with Crippen molar-refractivity contribution in [1.29, 1.82) is 0 Å². The van der Waals surface area contributed by atoms with Gasteiger partial charge < -0.3 is 4.90 Å². The molecule has 0 saturated carbocycles. The van der Waals surface area contributed by atoms with E-state index in [-0.39, 0.29) is 34.9 Å². The lowest BCUT2D eigenvalue weighted by molar-refractivity contribution is -0.138. The second kappa shape index (κ2) is 7.52. The Morgan fingerprint density at radius 1 is 1.20 bits per heavy atom. The highest BCUT2D eigenvalue weighted by atomic mass is 79.9. The van der Waals surface area contributed by atoms with Gasteiger partial charge in [0, 0.05) is 34.9 Å². The number of alkyl halides is 5. The largest absolute Gasteiger partial charge is 0.417 e. The third-order valence-corrected chi connectivity index (χ3v) is 3.54. The Hall–Kier alpha value is -0.460. The molecule has 0 aliphatic heterocycles. The summed E-state index contributed by atoms with van der Waals surface area (Å²) in [7, 11) is 0. The van der Waals surface area contributed by atoms with E-state index in [1.807, 2.05) is 0 Å². The molecule has 0 aliphatic rings. The van der Waals surface area contributed by atoms with Gasteiger partial charge in [-0.3, -0.25) is 4.79 Å². The van der Waals surface area contributed by atoms with E-state index in [9.17, 15) is 18.0 Å². The van der Waals surface area contributed by atoms with Gasteiger partial charge in [0.1, 0.15) is 0 Å². The van der Waals surface area contributed by atoms with Crippen molar-refractivity contribution in [2.24, 2.45) is 0 Å². The van der Waals surface area contributed by atoms with Gasteiger partial charge in [-0.2, -0.15) is 13.2 Å². The van der Waals surface area contributed by atoms with Gasteiger partial charge in [0.2, 0.25) is 0 Å². The smallest absolute Gasteiger partial charge is 0.336 e. The van der Waals surface area contributed by atoms with Crippen molar-refractivity contribution in [1.82, 2.24) is 4.90 Å². The number of amides is 1. The predicted octanol–water partition coefficient (Wildman–Crippen LogP) is 4.39. The Kier molecular flexibility index (Phi) is 6.61. The summed E-state index contributed by atoms with van der Waals surface area (Å²) in [4.78, 5) is 13.5. The zero-order valence-corrected chi connectivity index (χ0v) is 13.3. The van der Waals surface area contributed by atoms with E-state index < -0.39 is 17.6 Å². The molecule has 0 aromatic heterocycles. The normalized spacial score (nSPS) is 11.5. The molecule has 1 aromatic rings. The molecule has 0 N–H and O–H groups in total. The van der Waals surface area contributed by atoms with Crippen LogP contribution in [0.4, 0.5) is 13.2 Å². The molecule has 0 fully saturated rings. The Morgan fingerprint density at radius 2 is 1.75 bits per heavy atom. The average Bonchev–Trinajstić information content (AvgIpc) is 2.37. The summed E-state index contributed by atoms with van der Waals surface area (Å²) in [6.07, 6.45) is -4.53. The number of carbonyl (C=O) groups excluding carboxylic acids is 1. The standard InChI is InChI=1S/C12H11BrCl2F3NO/c13-10-2-1-8(7-9(10)12(16,17)18)11(20)19(5-3-14)6-4-15/h1-2,7H,3-6H2. The molecule has 0 atom stereocenters. The lowest BCUT2D eigenvalue weighted by atomic mass is 10.1. The third kappa shape index (κ3) is 4.53. The van der Waals surface area contributed by atoms with Crippen LogP contribution in [0.3, 0.4) is 0 Å². The van der Waals surface area contributed by atoms with Crippen molar-refractivity contribution < 1.29 is 18.0 Å². The molecule has 112 valence electrons. The molecule has 0 saturated heterocycles. The van der Waals surface area contributed by atoms with Crippen molar-refractivity contribution in [2.75, 3.05) is 24.8 Å². The molecule has 1 rings (SSSR count). The van der Waals surface area contributed by atoms with Crippen LogP contribution in [0, 0.1) is 0 Å². The van der Waals surface area contributed by atoms with E-state index in [1.165, 1.54) is 17.0 Å². The van der Waals surface area contributed by atoms with Gasteiger partial charge >= 0.3 is 6.18 Å². The zero-order valence-electron chi connectivity index (χ0n) is 10.2. The molecular weight excluding hydrogens is 382 g/mol. The molecule has 0 spiro atoms. The maximum Gasteiger partial charge on any atom is 0.417 e. The number of rotatable bonds is 5. The highest BCUT2D eigenvalue weighted by molar-refractivity contribution is 9.10. The van der Waals surface area contributed by atoms with Crippen molar-refractivity contribution in [3.8, 4) is 0 Å². The van der Waals surface area contributed by atoms with Gasteiger partial charge in [-0.15, -0.1) is 23.2 Å². The van der Waals surface area contributed by atoms with Crippen LogP contribution in [0.25, 0.3) is 0 Å². The first-order valence-electron chi connectivity index (χ1n) is 5.59. The van der Waals surface area contributed by atoms with Crippen LogP contribution in [0.2, 0.25) is 0 Å². The fourth-order valence-corrected chi connectivity index (χ4v) is 2.46. The van der Waals surface area contributed by atoms with E-state index in [2.05, 4.69) is 15.9 Å². The molecular formula is C12H11BrCl2F3NO. The fraction of sp³-hybridized carbons (Fsp3) is 0.417. The van der Waals surface area contributed by atoms with E-state index >= 15 is 0 Å². The topological polar surface area (TPSA) is 20.3 Å². The minimum atomic E-state index is -4.53. The van der Waals surface area contributed by atoms with Crippen LogP contribution < -0.4 is 0 Å². The minimum absolute atomic E-state index is 0.0456. The Labute approximate surface area is 133 Å². The molecule has 8 heteroatoms. The summed E-state index contributed by atoms with van der Waals surface area (Å²) in [5.74, 6) is -0.152. The van der Waals surface area contributed by atoms with Gasteiger partial charge in [0.25, 0.3) is 5.91 Å². The van der Waals surface area contributed by atoms with Gasteiger partial charge in [-0.25, -0.2) is 0 Å². The number of hydrogen-bond donors (Lipinski definition) is 0. The van der Waals surface area contributed by atoms with Crippen LogP contribution in [0.5, 0.6) is 0 Å². The predicted molar refractivity (Wildman–Crippen MR) is 76.5 cm³/mol. The molecule has 1 amide bonds. The first-order valence-corrected chi connectivity index (χ1v) is 7.45. The summed E-state index contributed by atoms with van der Waals surface area (Å²) in [6.45, 7) is 0.453.